The molecule has 1 aromatic carbocycles. The van der Waals surface area contributed by atoms with Crippen LogP contribution in [0.3, 0.4) is 0 Å². The zero-order valence-corrected chi connectivity index (χ0v) is 13.9. The topological polar surface area (TPSA) is 67.3 Å². The Balaban J connectivity index is 2.50. The molecule has 0 spiro atoms. The summed E-state index contributed by atoms with van der Waals surface area (Å²) in [4.78, 5) is 15.5. The molecule has 5 nitrogen and oxygen atoms in total. The van der Waals surface area contributed by atoms with Gasteiger partial charge in [0.2, 0.25) is 0 Å². The van der Waals surface area contributed by atoms with Crippen molar-refractivity contribution in [2.45, 2.75) is 11.8 Å². The highest BCUT2D eigenvalue weighted by atomic mass is 79.9. The van der Waals surface area contributed by atoms with E-state index in [1.807, 2.05) is 0 Å². The summed E-state index contributed by atoms with van der Waals surface area (Å²) in [6.07, 6.45) is 1.54. The van der Waals surface area contributed by atoms with Crippen molar-refractivity contribution in [3.63, 3.8) is 0 Å². The van der Waals surface area contributed by atoms with Crippen LogP contribution in [0.25, 0.3) is 0 Å². The van der Waals surface area contributed by atoms with Gasteiger partial charge in [-0.1, -0.05) is 15.9 Å². The number of halogens is 1. The van der Waals surface area contributed by atoms with Crippen molar-refractivity contribution in [3.05, 3.63) is 39.8 Å². The smallest absolute Gasteiger partial charge is 0.265 e. The van der Waals surface area contributed by atoms with Crippen molar-refractivity contribution in [2.75, 3.05) is 11.4 Å². The van der Waals surface area contributed by atoms with Crippen molar-refractivity contribution < 1.29 is 13.2 Å². The monoisotopic (exact) mass is 374 g/mol. The van der Waals surface area contributed by atoms with Gasteiger partial charge in [0.1, 0.15) is 0 Å². The summed E-state index contributed by atoms with van der Waals surface area (Å²) in [5.41, 5.74) is 0.332. The molecular formula is C12H11BrN2O3S2. The molecule has 2 rings (SSSR count). The zero-order chi connectivity index (χ0) is 14.9. The second-order valence-electron chi connectivity index (χ2n) is 3.99. The molecule has 0 aliphatic heterocycles. The molecule has 0 aliphatic rings. The number of thiazole rings is 1. The zero-order valence-electron chi connectivity index (χ0n) is 10.7. The molecule has 0 N–H and O–H groups in total. The summed E-state index contributed by atoms with van der Waals surface area (Å²) in [6, 6.07) is 4.38. The summed E-state index contributed by atoms with van der Waals surface area (Å²) in [5, 5.41) is 2.07. The van der Waals surface area contributed by atoms with Crippen LogP contribution in [0.4, 0.5) is 5.13 Å². The van der Waals surface area contributed by atoms with E-state index in [1.165, 1.54) is 43.6 Å². The second-order valence-corrected chi connectivity index (χ2v) is 7.68. The van der Waals surface area contributed by atoms with Crippen molar-refractivity contribution >= 4 is 48.2 Å². The van der Waals surface area contributed by atoms with Crippen molar-refractivity contribution in [3.8, 4) is 0 Å². The van der Waals surface area contributed by atoms with Crippen molar-refractivity contribution in [2.24, 2.45) is 0 Å². The van der Waals surface area contributed by atoms with Gasteiger partial charge in [-0.25, -0.2) is 17.7 Å². The molecule has 0 aliphatic carbocycles. The molecule has 0 radical (unpaired) electrons. The molecule has 106 valence electrons. The summed E-state index contributed by atoms with van der Waals surface area (Å²) >= 11 is 4.46. The highest BCUT2D eigenvalue weighted by Crippen LogP contribution is 2.27. The van der Waals surface area contributed by atoms with Crippen LogP contribution >= 0.6 is 27.3 Å². The Labute approximate surface area is 129 Å². The second kappa shape index (κ2) is 5.63. The molecule has 20 heavy (non-hydrogen) atoms. The van der Waals surface area contributed by atoms with Crippen LogP contribution in [0.1, 0.15) is 17.3 Å². The largest absolute Gasteiger partial charge is 0.294 e. The van der Waals surface area contributed by atoms with E-state index < -0.39 is 10.0 Å². The molecule has 0 saturated heterocycles. The van der Waals surface area contributed by atoms with E-state index in [-0.39, 0.29) is 10.7 Å². The molecule has 0 fully saturated rings. The lowest BCUT2D eigenvalue weighted by atomic mass is 10.1. The first-order valence-electron chi connectivity index (χ1n) is 5.53. The first kappa shape index (κ1) is 15.1. The maximum atomic E-state index is 12.5. The minimum Gasteiger partial charge on any atom is -0.294 e. The van der Waals surface area contributed by atoms with Gasteiger partial charge < -0.3 is 0 Å². The Hall–Kier alpha value is -1.25. The van der Waals surface area contributed by atoms with E-state index in [2.05, 4.69) is 20.9 Å². The number of Topliss-reactive ketones (excluding diaryl/α,β-unsaturated/α-hetero) is 1. The maximum absolute atomic E-state index is 12.5. The number of ketones is 1. The summed E-state index contributed by atoms with van der Waals surface area (Å²) < 4.78 is 26.6. The minimum atomic E-state index is -3.73. The number of carbonyl (C=O) groups is 1. The third-order valence-corrected chi connectivity index (χ3v) is 6.06. The lowest BCUT2D eigenvalue weighted by molar-refractivity contribution is 0.101. The molecule has 0 atom stereocenters. The van der Waals surface area contributed by atoms with E-state index >= 15 is 0 Å². The normalized spacial score (nSPS) is 11.3. The van der Waals surface area contributed by atoms with Crippen LogP contribution in [-0.2, 0) is 10.0 Å². The molecule has 1 heterocycles. The number of rotatable bonds is 4. The third-order valence-electron chi connectivity index (χ3n) is 2.66. The maximum Gasteiger partial charge on any atom is 0.265 e. The summed E-state index contributed by atoms with van der Waals surface area (Å²) in [5.74, 6) is -0.203. The predicted octanol–water partition coefficient (Wildman–Crippen LogP) is 2.93. The lowest BCUT2D eigenvalue weighted by Gasteiger charge is -2.16. The van der Waals surface area contributed by atoms with Crippen LogP contribution in [0.15, 0.2) is 39.1 Å². The molecular weight excluding hydrogens is 364 g/mol. The molecule has 0 amide bonds. The van der Waals surface area contributed by atoms with Gasteiger partial charge in [-0.05, 0) is 25.1 Å². The third kappa shape index (κ3) is 2.77. The number of anilines is 1. The van der Waals surface area contributed by atoms with E-state index in [1.54, 1.807) is 11.4 Å². The van der Waals surface area contributed by atoms with E-state index in [9.17, 15) is 13.2 Å². The van der Waals surface area contributed by atoms with Gasteiger partial charge in [0.15, 0.2) is 10.9 Å². The fraction of sp³-hybridized carbons (Fsp3) is 0.167. The van der Waals surface area contributed by atoms with Gasteiger partial charge in [0, 0.05) is 28.7 Å². The van der Waals surface area contributed by atoms with Gasteiger partial charge in [0.05, 0.1) is 4.90 Å². The predicted molar refractivity (Wildman–Crippen MR) is 81.8 cm³/mol. The summed E-state index contributed by atoms with van der Waals surface area (Å²) in [7, 11) is -2.29. The Morgan fingerprint density at radius 3 is 2.65 bits per heavy atom. The van der Waals surface area contributed by atoms with Crippen molar-refractivity contribution in [1.29, 1.82) is 0 Å². The standard InChI is InChI=1S/C12H11BrN2O3S2/c1-8(16)10-7-9(3-4-11(10)13)20(17,18)15(2)12-14-5-6-19-12/h3-7H,1-2H3. The number of carbonyl (C=O) groups excluding carboxylic acids is 1. The molecule has 1 aromatic heterocycles. The molecule has 2 aromatic rings. The Bertz CT molecular complexity index is 742. The van der Waals surface area contributed by atoms with Gasteiger partial charge >= 0.3 is 0 Å². The minimum absolute atomic E-state index is 0.0589. The number of hydrogen-bond donors (Lipinski definition) is 0. The number of benzene rings is 1. The van der Waals surface area contributed by atoms with Gasteiger partial charge in [-0.3, -0.25) is 4.79 Å². The van der Waals surface area contributed by atoms with Crippen LogP contribution < -0.4 is 4.31 Å². The van der Waals surface area contributed by atoms with Gasteiger partial charge in [-0.15, -0.1) is 11.3 Å². The SMILES string of the molecule is CC(=O)c1cc(S(=O)(=O)N(C)c2nccs2)ccc1Br. The van der Waals surface area contributed by atoms with Crippen LogP contribution in [-0.4, -0.2) is 26.2 Å². The number of sulfonamides is 1. The van der Waals surface area contributed by atoms with E-state index in [0.717, 1.165) is 4.31 Å². The Kier molecular flexibility index (Phi) is 4.26. The average molecular weight is 375 g/mol. The molecule has 0 bridgehead atoms. The van der Waals surface area contributed by atoms with Crippen molar-refractivity contribution in [1.82, 2.24) is 4.98 Å². The number of aromatic nitrogens is 1. The number of hydrogen-bond acceptors (Lipinski definition) is 5. The molecule has 8 heteroatoms. The van der Waals surface area contributed by atoms with Gasteiger partial charge in [-0.2, -0.15) is 0 Å². The first-order valence-corrected chi connectivity index (χ1v) is 8.64. The molecule has 0 unspecified atom stereocenters. The van der Waals surface area contributed by atoms with Crippen LogP contribution in [0, 0.1) is 0 Å². The summed E-state index contributed by atoms with van der Waals surface area (Å²) in [6.45, 7) is 1.39. The van der Waals surface area contributed by atoms with Crippen LogP contribution in [0.2, 0.25) is 0 Å². The highest BCUT2D eigenvalue weighted by molar-refractivity contribution is 9.10. The fourth-order valence-corrected chi connectivity index (χ4v) is 4.11. The fourth-order valence-electron chi connectivity index (χ4n) is 1.57. The van der Waals surface area contributed by atoms with E-state index in [4.69, 9.17) is 0 Å². The Morgan fingerprint density at radius 1 is 1.40 bits per heavy atom. The Morgan fingerprint density at radius 2 is 2.10 bits per heavy atom. The average Bonchev–Trinajstić information content (AvgIpc) is 2.91. The molecule has 0 saturated carbocycles. The number of nitrogens with zero attached hydrogens (tertiary/aromatic N) is 2. The quantitative estimate of drug-likeness (QED) is 0.771. The lowest BCUT2D eigenvalue weighted by Crippen LogP contribution is -2.26. The van der Waals surface area contributed by atoms with Gasteiger partial charge in [0.25, 0.3) is 10.0 Å². The van der Waals surface area contributed by atoms with Crippen LogP contribution in [0.5, 0.6) is 0 Å². The first-order chi connectivity index (χ1) is 9.34. The highest BCUT2D eigenvalue weighted by Gasteiger charge is 2.24. The van der Waals surface area contributed by atoms with E-state index in [0.29, 0.717) is 15.2 Å².